The summed E-state index contributed by atoms with van der Waals surface area (Å²) in [7, 11) is 3.50. The molecule has 23 heavy (non-hydrogen) atoms. The lowest BCUT2D eigenvalue weighted by Crippen LogP contribution is -2.45. The first kappa shape index (κ1) is 20.2. The van der Waals surface area contributed by atoms with Gasteiger partial charge in [0.25, 0.3) is 0 Å². The van der Waals surface area contributed by atoms with Crippen molar-refractivity contribution in [2.75, 3.05) is 27.3 Å². The number of guanidine groups is 1. The van der Waals surface area contributed by atoms with Gasteiger partial charge in [-0.15, -0.1) is 24.0 Å². The maximum absolute atomic E-state index is 5.78. The summed E-state index contributed by atoms with van der Waals surface area (Å²) in [4.78, 5) is 4.27. The van der Waals surface area contributed by atoms with Gasteiger partial charge in [0.15, 0.2) is 5.96 Å². The summed E-state index contributed by atoms with van der Waals surface area (Å²) in [5.74, 6) is 0.800. The summed E-state index contributed by atoms with van der Waals surface area (Å²) < 4.78 is 10.9. The average Bonchev–Trinajstić information content (AvgIpc) is 2.95. The monoisotopic (exact) mass is 433 g/mol. The van der Waals surface area contributed by atoms with E-state index in [4.69, 9.17) is 9.47 Å². The molecule has 0 radical (unpaired) electrons. The van der Waals surface area contributed by atoms with Gasteiger partial charge in [-0.1, -0.05) is 24.3 Å². The summed E-state index contributed by atoms with van der Waals surface area (Å²) in [5, 5.41) is 6.69. The summed E-state index contributed by atoms with van der Waals surface area (Å²) in [5.41, 5.74) is 2.31. The molecule has 2 N–H and O–H groups in total. The SMILES string of the molecule is CN=C(NCc1cccc(COC)c1)NCC1(C)CCCO1.I. The topological polar surface area (TPSA) is 54.9 Å². The molecule has 1 aliphatic rings. The molecule has 1 unspecified atom stereocenters. The Morgan fingerprint density at radius 1 is 1.35 bits per heavy atom. The van der Waals surface area contributed by atoms with Gasteiger partial charge in [0.05, 0.1) is 12.2 Å². The highest BCUT2D eigenvalue weighted by molar-refractivity contribution is 14.0. The number of hydrogen-bond acceptors (Lipinski definition) is 3. The molecule has 1 fully saturated rings. The Kier molecular flexibility index (Phi) is 8.86. The number of aliphatic imine (C=N–C) groups is 1. The second-order valence-electron chi connectivity index (χ2n) is 5.93. The lowest BCUT2D eigenvalue weighted by molar-refractivity contribution is 0.0243. The average molecular weight is 433 g/mol. The molecule has 6 heteroatoms. The molecule has 1 aliphatic heterocycles. The number of nitrogens with zero attached hydrogens (tertiary/aromatic N) is 1. The maximum atomic E-state index is 5.78. The van der Waals surface area contributed by atoms with Crippen LogP contribution < -0.4 is 10.6 Å². The smallest absolute Gasteiger partial charge is 0.191 e. The van der Waals surface area contributed by atoms with Gasteiger partial charge < -0.3 is 20.1 Å². The fraction of sp³-hybridized carbons (Fsp3) is 0.588. The van der Waals surface area contributed by atoms with E-state index in [-0.39, 0.29) is 29.6 Å². The van der Waals surface area contributed by atoms with E-state index in [1.165, 1.54) is 11.1 Å². The molecule has 0 aromatic heterocycles. The van der Waals surface area contributed by atoms with Crippen LogP contribution in [0.25, 0.3) is 0 Å². The summed E-state index contributed by atoms with van der Waals surface area (Å²) >= 11 is 0. The van der Waals surface area contributed by atoms with Crippen LogP contribution >= 0.6 is 24.0 Å². The Morgan fingerprint density at radius 3 is 2.78 bits per heavy atom. The first-order valence-corrected chi connectivity index (χ1v) is 7.80. The van der Waals surface area contributed by atoms with Crippen molar-refractivity contribution in [3.63, 3.8) is 0 Å². The van der Waals surface area contributed by atoms with Gasteiger partial charge in [0, 0.05) is 33.9 Å². The van der Waals surface area contributed by atoms with Crippen molar-refractivity contribution in [2.45, 2.75) is 38.5 Å². The van der Waals surface area contributed by atoms with Gasteiger partial charge in [0.1, 0.15) is 0 Å². The summed E-state index contributed by atoms with van der Waals surface area (Å²) in [6, 6.07) is 8.36. The minimum absolute atomic E-state index is 0. The van der Waals surface area contributed by atoms with E-state index in [0.717, 1.165) is 38.5 Å². The van der Waals surface area contributed by atoms with Gasteiger partial charge in [-0.05, 0) is 30.9 Å². The fourth-order valence-electron chi connectivity index (χ4n) is 2.65. The van der Waals surface area contributed by atoms with Crippen molar-refractivity contribution in [3.8, 4) is 0 Å². The van der Waals surface area contributed by atoms with E-state index in [1.807, 2.05) is 0 Å². The molecule has 0 amide bonds. The molecule has 0 bridgehead atoms. The number of hydrogen-bond donors (Lipinski definition) is 2. The van der Waals surface area contributed by atoms with Gasteiger partial charge in [-0.2, -0.15) is 0 Å². The third kappa shape index (κ3) is 6.64. The zero-order valence-corrected chi connectivity index (χ0v) is 16.6. The fourth-order valence-corrected chi connectivity index (χ4v) is 2.65. The predicted octanol–water partition coefficient (Wildman–Crippen LogP) is 2.69. The minimum Gasteiger partial charge on any atom is -0.380 e. The van der Waals surface area contributed by atoms with Crippen LogP contribution in [0.1, 0.15) is 30.9 Å². The molecule has 1 aromatic rings. The van der Waals surface area contributed by atoms with E-state index in [0.29, 0.717) is 6.61 Å². The molecule has 5 nitrogen and oxygen atoms in total. The van der Waals surface area contributed by atoms with Crippen molar-refractivity contribution in [3.05, 3.63) is 35.4 Å². The molecule has 1 saturated heterocycles. The van der Waals surface area contributed by atoms with E-state index < -0.39 is 0 Å². The molecule has 1 aromatic carbocycles. The lowest BCUT2D eigenvalue weighted by atomic mass is 10.0. The van der Waals surface area contributed by atoms with Gasteiger partial charge >= 0.3 is 0 Å². The van der Waals surface area contributed by atoms with Crippen molar-refractivity contribution < 1.29 is 9.47 Å². The molecule has 130 valence electrons. The Hall–Kier alpha value is -0.860. The third-order valence-electron chi connectivity index (χ3n) is 3.92. The highest BCUT2D eigenvalue weighted by Crippen LogP contribution is 2.23. The van der Waals surface area contributed by atoms with E-state index in [1.54, 1.807) is 14.2 Å². The number of benzene rings is 1. The van der Waals surface area contributed by atoms with Gasteiger partial charge in [-0.25, -0.2) is 0 Å². The molecule has 1 atom stereocenters. The Balaban J connectivity index is 0.00000264. The van der Waals surface area contributed by atoms with Crippen molar-refractivity contribution >= 4 is 29.9 Å². The van der Waals surface area contributed by atoms with Crippen LogP contribution in [0, 0.1) is 0 Å². The molecular formula is C17H28IN3O2. The van der Waals surface area contributed by atoms with Crippen molar-refractivity contribution in [1.82, 2.24) is 10.6 Å². The van der Waals surface area contributed by atoms with Crippen molar-refractivity contribution in [1.29, 1.82) is 0 Å². The molecular weight excluding hydrogens is 405 g/mol. The van der Waals surface area contributed by atoms with Crippen LogP contribution in [0.2, 0.25) is 0 Å². The highest BCUT2D eigenvalue weighted by atomic mass is 127. The van der Waals surface area contributed by atoms with Crippen LogP contribution in [-0.4, -0.2) is 38.9 Å². The number of nitrogens with one attached hydrogen (secondary N) is 2. The van der Waals surface area contributed by atoms with Crippen LogP contribution in [0.15, 0.2) is 29.3 Å². The number of methoxy groups -OCH3 is 1. The summed E-state index contributed by atoms with van der Waals surface area (Å²) in [6.45, 7) is 5.15. The van der Waals surface area contributed by atoms with Gasteiger partial charge in [-0.3, -0.25) is 4.99 Å². The van der Waals surface area contributed by atoms with Crippen molar-refractivity contribution in [2.24, 2.45) is 4.99 Å². The van der Waals surface area contributed by atoms with Crippen LogP contribution in [0.3, 0.4) is 0 Å². The van der Waals surface area contributed by atoms with Gasteiger partial charge in [0.2, 0.25) is 0 Å². The molecule has 0 aliphatic carbocycles. The molecule has 2 rings (SSSR count). The molecule has 0 spiro atoms. The van der Waals surface area contributed by atoms with Crippen LogP contribution in [0.5, 0.6) is 0 Å². The number of ether oxygens (including phenoxy) is 2. The van der Waals surface area contributed by atoms with E-state index >= 15 is 0 Å². The standard InChI is InChI=1S/C17H27N3O2.HI/c1-17(8-5-9-22-17)13-20-16(18-2)19-11-14-6-4-7-15(10-14)12-21-3;/h4,6-7,10H,5,8-9,11-13H2,1-3H3,(H2,18,19,20);1H. The normalized spacial score (nSPS) is 20.9. The Bertz CT molecular complexity index is 502. The predicted molar refractivity (Wildman–Crippen MR) is 104 cm³/mol. The largest absolute Gasteiger partial charge is 0.380 e. The zero-order valence-electron chi connectivity index (χ0n) is 14.2. The second-order valence-corrected chi connectivity index (χ2v) is 5.93. The maximum Gasteiger partial charge on any atom is 0.191 e. The Morgan fingerprint density at radius 2 is 2.13 bits per heavy atom. The Labute approximate surface area is 156 Å². The quantitative estimate of drug-likeness (QED) is 0.412. The lowest BCUT2D eigenvalue weighted by Gasteiger charge is -2.24. The number of rotatable bonds is 6. The van der Waals surface area contributed by atoms with E-state index in [9.17, 15) is 0 Å². The van der Waals surface area contributed by atoms with E-state index in [2.05, 4.69) is 46.8 Å². The minimum atomic E-state index is -0.0734. The van der Waals surface area contributed by atoms with Crippen LogP contribution in [-0.2, 0) is 22.6 Å². The zero-order chi connectivity index (χ0) is 15.8. The van der Waals surface area contributed by atoms with Crippen LogP contribution in [0.4, 0.5) is 0 Å². The number of halogens is 1. The first-order valence-electron chi connectivity index (χ1n) is 7.80. The first-order chi connectivity index (χ1) is 10.6. The highest BCUT2D eigenvalue weighted by Gasteiger charge is 2.29. The molecule has 0 saturated carbocycles. The summed E-state index contributed by atoms with van der Waals surface area (Å²) in [6.07, 6.45) is 2.23. The third-order valence-corrected chi connectivity index (χ3v) is 3.92. The molecule has 1 heterocycles. The second kappa shape index (κ2) is 10.1.